The predicted molar refractivity (Wildman–Crippen MR) is 157 cm³/mol. The van der Waals surface area contributed by atoms with E-state index in [1.807, 2.05) is 0 Å². The summed E-state index contributed by atoms with van der Waals surface area (Å²) in [6, 6.07) is 0. The molecule has 0 heterocycles. The molecule has 0 spiro atoms. The van der Waals surface area contributed by atoms with E-state index in [9.17, 15) is 4.57 Å². The highest BCUT2D eigenvalue weighted by molar-refractivity contribution is 7.46. The minimum Gasteiger partial charge on any atom is -0.303 e. The van der Waals surface area contributed by atoms with Gasteiger partial charge in [-0.05, 0) is 25.9 Å². The molecule has 0 aliphatic rings. The van der Waals surface area contributed by atoms with Crippen LogP contribution in [0.15, 0.2) is 0 Å². The largest absolute Gasteiger partial charge is 0.469 e. The summed E-state index contributed by atoms with van der Waals surface area (Å²) in [5.74, 6) is 0. The molecule has 0 saturated carbocycles. The van der Waals surface area contributed by atoms with Crippen LogP contribution in [0.1, 0.15) is 168 Å². The lowest BCUT2D eigenvalue weighted by Crippen LogP contribution is -2.29. The first-order chi connectivity index (χ1) is 17.5. The molecule has 0 bridgehead atoms. The monoisotopic (exact) mass is 533 g/mol. The molecule has 0 amide bonds. The smallest absolute Gasteiger partial charge is 0.303 e. The molecule has 0 unspecified atom stereocenters. The summed E-state index contributed by atoms with van der Waals surface area (Å²) in [6.45, 7) is 7.30. The Morgan fingerprint density at radius 1 is 0.472 bits per heavy atom. The molecule has 0 radical (unpaired) electrons. The zero-order valence-corrected chi connectivity index (χ0v) is 25.3. The first-order valence-corrected chi connectivity index (χ1v) is 17.4. The second-order valence-corrected chi connectivity index (χ2v) is 12.2. The summed E-state index contributed by atoms with van der Waals surface area (Å²) in [6.07, 6.45) is 32.3. The fourth-order valence-electron chi connectivity index (χ4n) is 4.98. The highest BCUT2D eigenvalue weighted by Gasteiger charge is 2.14. The van der Waals surface area contributed by atoms with Crippen molar-refractivity contribution in [2.24, 2.45) is 0 Å². The van der Waals surface area contributed by atoms with Crippen molar-refractivity contribution in [2.45, 2.75) is 168 Å². The van der Waals surface area contributed by atoms with Gasteiger partial charge in [0.25, 0.3) is 0 Å². The normalized spacial score (nSPS) is 12.1. The molecule has 218 valence electrons. The third-order valence-electron chi connectivity index (χ3n) is 7.32. The maximum atomic E-state index is 11.0. The van der Waals surface area contributed by atoms with E-state index in [4.69, 9.17) is 14.3 Å². The molecular formula is C30H64NO4P. The van der Waals surface area contributed by atoms with Crippen LogP contribution in [0, 0.1) is 0 Å². The number of unbranched alkanes of at least 4 members (excludes halogenated alkanes) is 22. The van der Waals surface area contributed by atoms with Crippen LogP contribution in [0.3, 0.4) is 0 Å². The fourth-order valence-corrected chi connectivity index (χ4v) is 5.30. The molecular weight excluding hydrogens is 469 g/mol. The summed E-state index contributed by atoms with van der Waals surface area (Å²) in [4.78, 5) is 20.3. The summed E-state index contributed by atoms with van der Waals surface area (Å²) in [5, 5.41) is 0. The molecule has 0 aromatic heterocycles. The van der Waals surface area contributed by atoms with E-state index in [1.54, 1.807) is 0 Å². The molecule has 0 aliphatic carbocycles. The molecule has 0 rings (SSSR count). The van der Waals surface area contributed by atoms with Gasteiger partial charge in [0.2, 0.25) is 0 Å². The van der Waals surface area contributed by atoms with Crippen molar-refractivity contribution < 1.29 is 18.9 Å². The molecule has 0 saturated heterocycles. The van der Waals surface area contributed by atoms with Gasteiger partial charge in [-0.25, -0.2) is 4.57 Å². The average Bonchev–Trinajstić information content (AvgIpc) is 2.84. The summed E-state index contributed by atoms with van der Waals surface area (Å²) in [5.41, 5.74) is 0. The van der Waals surface area contributed by atoms with Crippen LogP contribution in [0.25, 0.3) is 0 Å². The average molecular weight is 534 g/mol. The minimum absolute atomic E-state index is 0.112. The van der Waals surface area contributed by atoms with E-state index in [-0.39, 0.29) is 6.61 Å². The Hall–Kier alpha value is 0.0700. The zero-order valence-electron chi connectivity index (χ0n) is 24.4. The van der Waals surface area contributed by atoms with Gasteiger partial charge >= 0.3 is 7.82 Å². The van der Waals surface area contributed by atoms with Crippen molar-refractivity contribution in [3.63, 3.8) is 0 Å². The Balaban J connectivity index is 3.78. The number of phosphoric ester groups is 1. The van der Waals surface area contributed by atoms with Crippen molar-refractivity contribution in [3.05, 3.63) is 0 Å². The van der Waals surface area contributed by atoms with Crippen LogP contribution in [0.4, 0.5) is 0 Å². The predicted octanol–water partition coefficient (Wildman–Crippen LogP) is 9.80. The standard InChI is InChI=1S/C30H64NO4P/c1-3-5-7-9-11-13-15-17-19-21-23-25-27-31(29-30-35-36(32,33)34)28-26-24-22-20-18-16-14-12-10-8-6-4-2/h3-30H2,1-2H3,(H2,32,33,34). The lowest BCUT2D eigenvalue weighted by molar-refractivity contribution is 0.158. The Kier molecular flexibility index (Phi) is 28.1. The maximum absolute atomic E-state index is 11.0. The molecule has 0 fully saturated rings. The van der Waals surface area contributed by atoms with Gasteiger partial charge in [-0.1, -0.05) is 155 Å². The molecule has 36 heavy (non-hydrogen) atoms. The Morgan fingerprint density at radius 2 is 0.750 bits per heavy atom. The number of rotatable bonds is 30. The highest BCUT2D eigenvalue weighted by atomic mass is 31.2. The first kappa shape index (κ1) is 36.1. The molecule has 0 aliphatic heterocycles. The van der Waals surface area contributed by atoms with Crippen LogP contribution in [-0.2, 0) is 9.09 Å². The van der Waals surface area contributed by atoms with E-state index >= 15 is 0 Å². The lowest BCUT2D eigenvalue weighted by atomic mass is 10.0. The molecule has 0 atom stereocenters. The second kappa shape index (κ2) is 28.1. The third-order valence-corrected chi connectivity index (χ3v) is 7.84. The van der Waals surface area contributed by atoms with Gasteiger partial charge in [-0.3, -0.25) is 4.52 Å². The Labute approximate surface area is 225 Å². The quantitative estimate of drug-likeness (QED) is 0.0710. The second-order valence-electron chi connectivity index (χ2n) is 10.9. The van der Waals surface area contributed by atoms with Gasteiger partial charge in [0.15, 0.2) is 0 Å². The van der Waals surface area contributed by atoms with Gasteiger partial charge < -0.3 is 14.7 Å². The van der Waals surface area contributed by atoms with Gasteiger partial charge in [0, 0.05) is 6.54 Å². The molecule has 2 N–H and O–H groups in total. The van der Waals surface area contributed by atoms with Crippen molar-refractivity contribution in [2.75, 3.05) is 26.2 Å². The fraction of sp³-hybridized carbons (Fsp3) is 1.00. The van der Waals surface area contributed by atoms with Crippen LogP contribution in [0.2, 0.25) is 0 Å². The van der Waals surface area contributed by atoms with E-state index in [2.05, 4.69) is 18.7 Å². The van der Waals surface area contributed by atoms with Gasteiger partial charge in [-0.15, -0.1) is 0 Å². The van der Waals surface area contributed by atoms with Crippen LogP contribution < -0.4 is 0 Å². The van der Waals surface area contributed by atoms with E-state index in [1.165, 1.54) is 154 Å². The lowest BCUT2D eigenvalue weighted by Gasteiger charge is -2.22. The molecule has 6 heteroatoms. The number of hydrogen-bond donors (Lipinski definition) is 2. The van der Waals surface area contributed by atoms with Gasteiger partial charge in [0.05, 0.1) is 6.61 Å². The minimum atomic E-state index is -4.37. The van der Waals surface area contributed by atoms with Gasteiger partial charge in [0.1, 0.15) is 0 Å². The van der Waals surface area contributed by atoms with E-state index in [0.717, 1.165) is 13.1 Å². The molecule has 0 aromatic rings. The maximum Gasteiger partial charge on any atom is 0.469 e. The van der Waals surface area contributed by atoms with Crippen molar-refractivity contribution in [1.82, 2.24) is 4.90 Å². The Bertz CT molecular complexity index is 444. The van der Waals surface area contributed by atoms with Crippen LogP contribution >= 0.6 is 7.82 Å². The third kappa shape index (κ3) is 30.3. The van der Waals surface area contributed by atoms with Crippen LogP contribution in [0.5, 0.6) is 0 Å². The number of hydrogen-bond acceptors (Lipinski definition) is 3. The number of nitrogens with zero attached hydrogens (tertiary/aromatic N) is 1. The van der Waals surface area contributed by atoms with Gasteiger partial charge in [-0.2, -0.15) is 0 Å². The van der Waals surface area contributed by atoms with E-state index < -0.39 is 7.82 Å². The summed E-state index contributed by atoms with van der Waals surface area (Å²) in [7, 11) is -4.37. The first-order valence-electron chi connectivity index (χ1n) is 15.9. The van der Waals surface area contributed by atoms with Crippen molar-refractivity contribution in [3.8, 4) is 0 Å². The van der Waals surface area contributed by atoms with Crippen molar-refractivity contribution >= 4 is 7.82 Å². The Morgan fingerprint density at radius 3 is 1.03 bits per heavy atom. The van der Waals surface area contributed by atoms with Crippen LogP contribution in [-0.4, -0.2) is 40.9 Å². The zero-order chi connectivity index (χ0) is 26.6. The van der Waals surface area contributed by atoms with Crippen molar-refractivity contribution in [1.29, 1.82) is 0 Å². The topological polar surface area (TPSA) is 70.0 Å². The summed E-state index contributed by atoms with van der Waals surface area (Å²) < 4.78 is 15.7. The summed E-state index contributed by atoms with van der Waals surface area (Å²) >= 11 is 0. The van der Waals surface area contributed by atoms with E-state index in [0.29, 0.717) is 6.54 Å². The SMILES string of the molecule is CCCCCCCCCCCCCCN(CCCCCCCCCCCCCC)CCOP(=O)(O)O. The molecule has 0 aromatic carbocycles. The highest BCUT2D eigenvalue weighted by Crippen LogP contribution is 2.35. The number of phosphoric acid groups is 1. The molecule has 5 nitrogen and oxygen atoms in total.